The van der Waals surface area contributed by atoms with Gasteiger partial charge in [-0.25, -0.2) is 4.79 Å². The fraction of sp³-hybridized carbons (Fsp3) is 0.278. The van der Waals surface area contributed by atoms with Gasteiger partial charge in [0.15, 0.2) is 0 Å². The van der Waals surface area contributed by atoms with Crippen molar-refractivity contribution in [3.63, 3.8) is 0 Å². The van der Waals surface area contributed by atoms with Gasteiger partial charge < -0.3 is 10.0 Å². The van der Waals surface area contributed by atoms with Crippen molar-refractivity contribution in [2.45, 2.75) is 26.8 Å². The van der Waals surface area contributed by atoms with E-state index in [2.05, 4.69) is 36.9 Å². The van der Waals surface area contributed by atoms with Gasteiger partial charge in [0.1, 0.15) is 0 Å². The molecule has 1 heterocycles. The normalized spacial score (nSPS) is 13.3. The van der Waals surface area contributed by atoms with Gasteiger partial charge in [-0.05, 0) is 54.7 Å². The summed E-state index contributed by atoms with van der Waals surface area (Å²) < 4.78 is 0. The summed E-state index contributed by atoms with van der Waals surface area (Å²) in [7, 11) is 0. The fourth-order valence-electron chi connectivity index (χ4n) is 3.03. The molecule has 0 radical (unpaired) electrons. The topological polar surface area (TPSA) is 40.5 Å². The Morgan fingerprint density at radius 3 is 2.57 bits per heavy atom. The van der Waals surface area contributed by atoms with Crippen LogP contribution in [0.15, 0.2) is 36.4 Å². The Morgan fingerprint density at radius 1 is 1.19 bits per heavy atom. The van der Waals surface area contributed by atoms with Crippen molar-refractivity contribution < 1.29 is 9.90 Å². The van der Waals surface area contributed by atoms with E-state index < -0.39 is 5.97 Å². The monoisotopic (exact) mass is 281 g/mol. The van der Waals surface area contributed by atoms with Gasteiger partial charge in [-0.2, -0.15) is 0 Å². The van der Waals surface area contributed by atoms with Crippen molar-refractivity contribution >= 4 is 11.7 Å². The molecule has 0 saturated carbocycles. The van der Waals surface area contributed by atoms with Crippen LogP contribution in [0.4, 0.5) is 5.69 Å². The number of carboxylic acid groups (broad SMARTS) is 1. The maximum Gasteiger partial charge on any atom is 0.335 e. The number of aryl methyl sites for hydroxylation is 2. The molecule has 2 aromatic rings. The molecule has 0 spiro atoms. The van der Waals surface area contributed by atoms with E-state index in [4.69, 9.17) is 5.11 Å². The minimum Gasteiger partial charge on any atom is -0.478 e. The number of carboxylic acids is 1. The SMILES string of the molecule is Cc1cccc(C)c1CN1CCc2ccc(C(=O)O)cc21. The van der Waals surface area contributed by atoms with Crippen LogP contribution in [-0.4, -0.2) is 17.6 Å². The largest absolute Gasteiger partial charge is 0.478 e. The highest BCUT2D eigenvalue weighted by Gasteiger charge is 2.21. The summed E-state index contributed by atoms with van der Waals surface area (Å²) >= 11 is 0. The van der Waals surface area contributed by atoms with Crippen LogP contribution in [-0.2, 0) is 13.0 Å². The Kier molecular flexibility index (Phi) is 3.42. The predicted octanol–water partition coefficient (Wildman–Crippen LogP) is 3.56. The van der Waals surface area contributed by atoms with Gasteiger partial charge in [0.25, 0.3) is 0 Å². The van der Waals surface area contributed by atoms with E-state index in [1.165, 1.54) is 22.3 Å². The lowest BCUT2D eigenvalue weighted by molar-refractivity contribution is 0.0697. The number of anilines is 1. The minimum atomic E-state index is -0.864. The summed E-state index contributed by atoms with van der Waals surface area (Å²) in [6, 6.07) is 11.8. The smallest absolute Gasteiger partial charge is 0.335 e. The van der Waals surface area contributed by atoms with Gasteiger partial charge >= 0.3 is 5.97 Å². The second-order valence-electron chi connectivity index (χ2n) is 5.69. The molecule has 0 aromatic heterocycles. The van der Waals surface area contributed by atoms with Gasteiger partial charge in [0.05, 0.1) is 5.56 Å². The third-order valence-corrected chi connectivity index (χ3v) is 4.32. The lowest BCUT2D eigenvalue weighted by atomic mass is 10.0. The van der Waals surface area contributed by atoms with Crippen LogP contribution < -0.4 is 4.90 Å². The molecule has 21 heavy (non-hydrogen) atoms. The van der Waals surface area contributed by atoms with Crippen LogP contribution in [0.2, 0.25) is 0 Å². The van der Waals surface area contributed by atoms with Crippen LogP contribution >= 0.6 is 0 Å². The van der Waals surface area contributed by atoms with E-state index in [9.17, 15) is 4.79 Å². The van der Waals surface area contributed by atoms with Crippen molar-refractivity contribution in [1.82, 2.24) is 0 Å². The molecule has 0 amide bonds. The average Bonchev–Trinajstić information content (AvgIpc) is 2.85. The molecule has 0 atom stereocenters. The summed E-state index contributed by atoms with van der Waals surface area (Å²) in [6.07, 6.45) is 0.986. The molecule has 2 aromatic carbocycles. The zero-order valence-electron chi connectivity index (χ0n) is 12.4. The molecule has 1 aliphatic rings. The van der Waals surface area contributed by atoms with E-state index >= 15 is 0 Å². The Hall–Kier alpha value is -2.29. The van der Waals surface area contributed by atoms with Gasteiger partial charge in [-0.15, -0.1) is 0 Å². The van der Waals surface area contributed by atoms with E-state index in [1.807, 2.05) is 6.07 Å². The van der Waals surface area contributed by atoms with Crippen molar-refractivity contribution in [1.29, 1.82) is 0 Å². The molecule has 0 unspecified atom stereocenters. The molecule has 0 fully saturated rings. The minimum absolute atomic E-state index is 0.363. The fourth-order valence-corrected chi connectivity index (χ4v) is 3.03. The highest BCUT2D eigenvalue weighted by atomic mass is 16.4. The Morgan fingerprint density at radius 2 is 1.90 bits per heavy atom. The van der Waals surface area contributed by atoms with E-state index in [0.717, 1.165) is 25.2 Å². The first-order chi connectivity index (χ1) is 10.1. The second kappa shape index (κ2) is 5.24. The third-order valence-electron chi connectivity index (χ3n) is 4.32. The number of hydrogen-bond acceptors (Lipinski definition) is 2. The molecular weight excluding hydrogens is 262 g/mol. The van der Waals surface area contributed by atoms with Crippen LogP contribution in [0.1, 0.15) is 32.6 Å². The number of nitrogens with zero attached hydrogens (tertiary/aromatic N) is 1. The first-order valence-corrected chi connectivity index (χ1v) is 7.22. The van der Waals surface area contributed by atoms with Gasteiger partial charge in [0, 0.05) is 18.8 Å². The maximum absolute atomic E-state index is 11.2. The van der Waals surface area contributed by atoms with Crippen LogP contribution in [0.3, 0.4) is 0 Å². The maximum atomic E-state index is 11.2. The number of benzene rings is 2. The highest BCUT2D eigenvalue weighted by Crippen LogP contribution is 2.31. The summed E-state index contributed by atoms with van der Waals surface area (Å²) in [4.78, 5) is 13.4. The van der Waals surface area contributed by atoms with Crippen molar-refractivity contribution in [2.24, 2.45) is 0 Å². The molecule has 0 aliphatic carbocycles. The molecule has 3 rings (SSSR count). The Bertz CT molecular complexity index is 686. The zero-order valence-corrected chi connectivity index (χ0v) is 12.4. The third kappa shape index (κ3) is 2.51. The summed E-state index contributed by atoms with van der Waals surface area (Å²) in [6.45, 7) is 6.06. The first-order valence-electron chi connectivity index (χ1n) is 7.22. The zero-order chi connectivity index (χ0) is 15.0. The molecule has 1 aliphatic heterocycles. The van der Waals surface area contributed by atoms with Gasteiger partial charge in [0.2, 0.25) is 0 Å². The van der Waals surface area contributed by atoms with Crippen LogP contribution in [0, 0.1) is 13.8 Å². The van der Waals surface area contributed by atoms with E-state index in [0.29, 0.717) is 5.56 Å². The predicted molar refractivity (Wildman–Crippen MR) is 84.1 cm³/mol. The quantitative estimate of drug-likeness (QED) is 0.935. The number of hydrogen-bond donors (Lipinski definition) is 1. The second-order valence-corrected chi connectivity index (χ2v) is 5.69. The molecule has 3 nitrogen and oxygen atoms in total. The average molecular weight is 281 g/mol. The van der Waals surface area contributed by atoms with E-state index in [1.54, 1.807) is 12.1 Å². The van der Waals surface area contributed by atoms with Crippen molar-refractivity contribution in [3.05, 3.63) is 64.2 Å². The summed E-state index contributed by atoms with van der Waals surface area (Å²) in [5.74, 6) is -0.864. The van der Waals surface area contributed by atoms with Crippen LogP contribution in [0.5, 0.6) is 0 Å². The molecule has 3 heteroatoms. The van der Waals surface area contributed by atoms with E-state index in [-0.39, 0.29) is 0 Å². The number of rotatable bonds is 3. The van der Waals surface area contributed by atoms with Gasteiger partial charge in [-0.1, -0.05) is 24.3 Å². The molecular formula is C18H19NO2. The van der Waals surface area contributed by atoms with Crippen molar-refractivity contribution in [3.8, 4) is 0 Å². The van der Waals surface area contributed by atoms with Gasteiger partial charge in [-0.3, -0.25) is 0 Å². The molecule has 0 bridgehead atoms. The molecule has 108 valence electrons. The highest BCUT2D eigenvalue weighted by molar-refractivity contribution is 5.89. The summed E-state index contributed by atoms with van der Waals surface area (Å²) in [5.41, 5.74) is 6.59. The number of fused-ring (bicyclic) bond motifs is 1. The van der Waals surface area contributed by atoms with Crippen LogP contribution in [0.25, 0.3) is 0 Å². The summed E-state index contributed by atoms with van der Waals surface area (Å²) in [5, 5.41) is 9.16. The lowest BCUT2D eigenvalue weighted by Crippen LogP contribution is -2.21. The molecule has 0 saturated heterocycles. The Balaban J connectivity index is 1.94. The first kappa shape index (κ1) is 13.7. The number of carbonyl (C=O) groups is 1. The van der Waals surface area contributed by atoms with Crippen molar-refractivity contribution in [2.75, 3.05) is 11.4 Å². The standard InChI is InChI=1S/C18H19NO2/c1-12-4-3-5-13(2)16(12)11-19-9-8-14-6-7-15(18(20)21)10-17(14)19/h3-7,10H,8-9,11H2,1-2H3,(H,20,21). The Labute approximate surface area is 124 Å². The lowest BCUT2D eigenvalue weighted by Gasteiger charge is -2.22. The molecule has 1 N–H and O–H groups in total. The number of aromatic carboxylic acids is 1.